The molecule has 2 heterocycles. The topological polar surface area (TPSA) is 64.1 Å². The summed E-state index contributed by atoms with van der Waals surface area (Å²) in [6.45, 7) is 0.972. The van der Waals surface area contributed by atoms with E-state index < -0.39 is 18.3 Å². The molecule has 2 fully saturated rings. The maximum atomic E-state index is 13.5. The molecule has 6 nitrogen and oxygen atoms in total. The summed E-state index contributed by atoms with van der Waals surface area (Å²) in [6, 6.07) is 27.4. The van der Waals surface area contributed by atoms with Gasteiger partial charge in [-0.15, -0.1) is 0 Å². The number of amides is 3. The van der Waals surface area contributed by atoms with E-state index >= 15 is 0 Å². The molecule has 3 amide bonds. The van der Waals surface area contributed by atoms with Gasteiger partial charge in [-0.25, -0.2) is 4.79 Å². The molecular weight excluding hydrogens is 402 g/mol. The maximum Gasteiger partial charge on any atom is 0.321 e. The average molecular weight is 428 g/mol. The van der Waals surface area contributed by atoms with Gasteiger partial charge in [-0.3, -0.25) is 4.79 Å². The number of aliphatic hydroxyl groups is 1. The van der Waals surface area contributed by atoms with Gasteiger partial charge in [0.15, 0.2) is 6.23 Å². The van der Waals surface area contributed by atoms with Crippen LogP contribution in [0.5, 0.6) is 0 Å². The van der Waals surface area contributed by atoms with Crippen LogP contribution < -0.4 is 0 Å². The lowest BCUT2D eigenvalue weighted by Gasteiger charge is -2.29. The molecule has 5 rings (SSSR count). The zero-order valence-electron chi connectivity index (χ0n) is 17.6. The molecule has 2 aliphatic rings. The summed E-state index contributed by atoms with van der Waals surface area (Å²) in [5.74, 6) is -0.216. The number of aliphatic hydroxyl groups excluding tert-OH is 1. The van der Waals surface area contributed by atoms with E-state index in [2.05, 4.69) is 0 Å². The van der Waals surface area contributed by atoms with Gasteiger partial charge < -0.3 is 19.8 Å². The Kier molecular flexibility index (Phi) is 5.37. The average Bonchev–Trinajstić information content (AvgIpc) is 3.23. The third kappa shape index (κ3) is 3.63. The van der Waals surface area contributed by atoms with E-state index in [1.54, 1.807) is 9.80 Å². The largest absolute Gasteiger partial charge is 0.371 e. The predicted molar refractivity (Wildman–Crippen MR) is 120 cm³/mol. The van der Waals surface area contributed by atoms with Gasteiger partial charge >= 0.3 is 6.03 Å². The summed E-state index contributed by atoms with van der Waals surface area (Å²) in [7, 11) is 0. The summed E-state index contributed by atoms with van der Waals surface area (Å²) in [5, 5.41) is 11.2. The fourth-order valence-electron chi connectivity index (χ4n) is 4.71. The first kappa shape index (κ1) is 20.3. The van der Waals surface area contributed by atoms with Crippen molar-refractivity contribution in [2.45, 2.75) is 37.9 Å². The molecule has 3 atom stereocenters. The van der Waals surface area contributed by atoms with Gasteiger partial charge in [-0.05, 0) is 16.7 Å². The highest BCUT2D eigenvalue weighted by molar-refractivity contribution is 5.94. The first-order chi connectivity index (χ1) is 15.6. The second-order valence-electron chi connectivity index (χ2n) is 8.31. The fourth-order valence-corrected chi connectivity index (χ4v) is 4.71. The summed E-state index contributed by atoms with van der Waals surface area (Å²) < 4.78 is 0. The molecule has 0 aromatic heterocycles. The van der Waals surface area contributed by atoms with Crippen LogP contribution in [0, 0.1) is 0 Å². The van der Waals surface area contributed by atoms with Crippen molar-refractivity contribution in [3.05, 3.63) is 108 Å². The SMILES string of the molecule is O=C1[C@@H]2[C@H]([C@@H](O)N1Cc1ccccc1)N(Cc1ccccc1)C(=O)N2Cc1ccccc1. The van der Waals surface area contributed by atoms with Crippen molar-refractivity contribution in [3.63, 3.8) is 0 Å². The van der Waals surface area contributed by atoms with Gasteiger partial charge in [0, 0.05) is 19.6 Å². The Morgan fingerprint density at radius 1 is 0.594 bits per heavy atom. The molecule has 1 N–H and O–H groups in total. The van der Waals surface area contributed by atoms with Gasteiger partial charge in [0.05, 0.1) is 0 Å². The summed E-state index contributed by atoms with van der Waals surface area (Å²) >= 11 is 0. The maximum absolute atomic E-state index is 13.5. The van der Waals surface area contributed by atoms with Crippen LogP contribution in [0.25, 0.3) is 0 Å². The van der Waals surface area contributed by atoms with E-state index in [9.17, 15) is 14.7 Å². The molecular formula is C26H25N3O3. The van der Waals surface area contributed by atoms with E-state index in [4.69, 9.17) is 0 Å². The first-order valence-electron chi connectivity index (χ1n) is 10.8. The number of hydrogen-bond acceptors (Lipinski definition) is 3. The van der Waals surface area contributed by atoms with E-state index in [1.807, 2.05) is 91.0 Å². The van der Waals surface area contributed by atoms with Crippen LogP contribution in [0.4, 0.5) is 4.79 Å². The molecule has 3 aromatic carbocycles. The normalized spacial score (nSPS) is 22.5. The second-order valence-corrected chi connectivity index (χ2v) is 8.31. The summed E-state index contributed by atoms with van der Waals surface area (Å²) in [6.07, 6.45) is -1.07. The third-order valence-corrected chi connectivity index (χ3v) is 6.26. The van der Waals surface area contributed by atoms with E-state index in [1.165, 1.54) is 4.90 Å². The van der Waals surface area contributed by atoms with Crippen LogP contribution in [-0.4, -0.2) is 50.1 Å². The number of carbonyl (C=O) groups excluding carboxylic acids is 2. The number of hydrogen-bond donors (Lipinski definition) is 1. The zero-order valence-corrected chi connectivity index (χ0v) is 17.6. The van der Waals surface area contributed by atoms with Crippen LogP contribution in [0.15, 0.2) is 91.0 Å². The van der Waals surface area contributed by atoms with Crippen molar-refractivity contribution in [1.29, 1.82) is 0 Å². The molecule has 2 aliphatic heterocycles. The van der Waals surface area contributed by atoms with Crippen molar-refractivity contribution in [2.75, 3.05) is 0 Å². The number of likely N-dealkylation sites (tertiary alicyclic amines) is 1. The number of benzene rings is 3. The minimum Gasteiger partial charge on any atom is -0.371 e. The monoisotopic (exact) mass is 427 g/mol. The quantitative estimate of drug-likeness (QED) is 0.657. The van der Waals surface area contributed by atoms with Crippen LogP contribution >= 0.6 is 0 Å². The van der Waals surface area contributed by atoms with Gasteiger partial charge in [-0.1, -0.05) is 91.0 Å². The van der Waals surface area contributed by atoms with Crippen LogP contribution in [0.2, 0.25) is 0 Å². The standard InChI is InChI=1S/C26H25N3O3/c30-24-22-23(25(31)29(24)18-21-14-8-3-9-15-21)28(17-20-12-6-2-7-13-20)26(32)27(22)16-19-10-4-1-5-11-19/h1-15,22-24,30H,16-18H2/t22-,23+,24-/m1/s1. The van der Waals surface area contributed by atoms with Gasteiger partial charge in [0.25, 0.3) is 0 Å². The number of nitrogens with zero attached hydrogens (tertiary/aromatic N) is 3. The molecule has 0 spiro atoms. The molecule has 0 aliphatic carbocycles. The minimum absolute atomic E-state index is 0.216. The zero-order chi connectivity index (χ0) is 22.1. The highest BCUT2D eigenvalue weighted by atomic mass is 16.3. The number of carbonyl (C=O) groups is 2. The van der Waals surface area contributed by atoms with Gasteiger partial charge in [0.1, 0.15) is 12.1 Å². The Bertz CT molecular complexity index is 1090. The molecule has 6 heteroatoms. The molecule has 0 bridgehead atoms. The van der Waals surface area contributed by atoms with Gasteiger partial charge in [0.2, 0.25) is 5.91 Å². The molecule has 0 radical (unpaired) electrons. The van der Waals surface area contributed by atoms with Crippen molar-refractivity contribution < 1.29 is 14.7 Å². The smallest absolute Gasteiger partial charge is 0.321 e. The van der Waals surface area contributed by atoms with Crippen LogP contribution in [-0.2, 0) is 24.4 Å². The lowest BCUT2D eigenvalue weighted by molar-refractivity contribution is -0.137. The van der Waals surface area contributed by atoms with E-state index in [-0.39, 0.29) is 11.9 Å². The molecule has 0 saturated carbocycles. The lowest BCUT2D eigenvalue weighted by Crippen LogP contribution is -2.46. The lowest BCUT2D eigenvalue weighted by atomic mass is 10.1. The summed E-state index contributed by atoms with van der Waals surface area (Å²) in [5.41, 5.74) is 2.85. The minimum atomic E-state index is -1.07. The van der Waals surface area contributed by atoms with Crippen LogP contribution in [0.1, 0.15) is 16.7 Å². The molecule has 2 saturated heterocycles. The fraction of sp³-hybridized carbons (Fsp3) is 0.231. The molecule has 32 heavy (non-hydrogen) atoms. The Labute approximate surface area is 187 Å². The van der Waals surface area contributed by atoms with E-state index in [0.29, 0.717) is 19.6 Å². The second kappa shape index (κ2) is 8.48. The molecule has 162 valence electrons. The first-order valence-corrected chi connectivity index (χ1v) is 10.8. The summed E-state index contributed by atoms with van der Waals surface area (Å²) in [4.78, 5) is 31.7. The van der Waals surface area contributed by atoms with Crippen molar-refractivity contribution >= 4 is 11.9 Å². The van der Waals surface area contributed by atoms with Crippen molar-refractivity contribution in [1.82, 2.24) is 14.7 Å². The highest BCUT2D eigenvalue weighted by Gasteiger charge is 2.60. The van der Waals surface area contributed by atoms with Crippen LogP contribution in [0.3, 0.4) is 0 Å². The van der Waals surface area contributed by atoms with Gasteiger partial charge in [-0.2, -0.15) is 0 Å². The number of fused-ring (bicyclic) bond motifs is 1. The predicted octanol–water partition coefficient (Wildman–Crippen LogP) is 3.22. The number of rotatable bonds is 6. The Balaban J connectivity index is 1.47. The molecule has 0 unspecified atom stereocenters. The highest BCUT2D eigenvalue weighted by Crippen LogP contribution is 2.37. The molecule has 3 aromatic rings. The Morgan fingerprint density at radius 3 is 1.47 bits per heavy atom. The van der Waals surface area contributed by atoms with Crippen molar-refractivity contribution in [2.24, 2.45) is 0 Å². The number of urea groups is 1. The third-order valence-electron chi connectivity index (χ3n) is 6.26. The van der Waals surface area contributed by atoms with E-state index in [0.717, 1.165) is 16.7 Å². The Morgan fingerprint density at radius 2 is 1.00 bits per heavy atom. The Hall–Kier alpha value is -3.64. The van der Waals surface area contributed by atoms with Crippen molar-refractivity contribution in [3.8, 4) is 0 Å².